The lowest BCUT2D eigenvalue weighted by Crippen LogP contribution is -2.45. The fourth-order valence-corrected chi connectivity index (χ4v) is 3.34. The third-order valence-electron chi connectivity index (χ3n) is 4.05. The van der Waals surface area contributed by atoms with Crippen LogP contribution in [0.25, 0.3) is 0 Å². The van der Waals surface area contributed by atoms with Gasteiger partial charge in [-0.15, -0.1) is 24.0 Å². The maximum Gasteiger partial charge on any atom is 0.511 e. The molecular formula is C14H28F3IN4O2S. The zero-order valence-corrected chi connectivity index (χ0v) is 17.9. The second kappa shape index (κ2) is 10.8. The van der Waals surface area contributed by atoms with E-state index in [0.29, 0.717) is 36.2 Å². The van der Waals surface area contributed by atoms with Crippen molar-refractivity contribution in [2.24, 2.45) is 10.9 Å². The van der Waals surface area contributed by atoms with Crippen LogP contribution in [0.1, 0.15) is 40.0 Å². The number of alkyl halides is 3. The number of nitrogens with one attached hydrogen (secondary N) is 2. The molecule has 6 nitrogen and oxygen atoms in total. The van der Waals surface area contributed by atoms with Gasteiger partial charge in [0.1, 0.15) is 0 Å². The molecule has 1 fully saturated rings. The van der Waals surface area contributed by atoms with Gasteiger partial charge in [0.25, 0.3) is 0 Å². The number of halogens is 4. The minimum atomic E-state index is -5.23. The van der Waals surface area contributed by atoms with E-state index < -0.39 is 15.5 Å². The Balaban J connectivity index is 0.00000576. The number of hydrogen-bond donors (Lipinski definition) is 2. The summed E-state index contributed by atoms with van der Waals surface area (Å²) >= 11 is 0. The lowest BCUT2D eigenvalue weighted by Gasteiger charge is -2.31. The van der Waals surface area contributed by atoms with E-state index in [9.17, 15) is 21.6 Å². The maximum atomic E-state index is 12.5. The van der Waals surface area contributed by atoms with E-state index in [2.05, 4.69) is 22.5 Å². The fourth-order valence-electron chi connectivity index (χ4n) is 2.35. The lowest BCUT2D eigenvalue weighted by molar-refractivity contribution is -0.0496. The van der Waals surface area contributed by atoms with Gasteiger partial charge < -0.3 is 10.6 Å². The van der Waals surface area contributed by atoms with Gasteiger partial charge in [-0.05, 0) is 39.0 Å². The molecule has 0 aromatic carbocycles. The molecule has 0 aliphatic carbocycles. The molecule has 0 aromatic rings. The quantitative estimate of drug-likeness (QED) is 0.334. The van der Waals surface area contributed by atoms with E-state index in [-0.39, 0.29) is 49.0 Å². The van der Waals surface area contributed by atoms with Crippen LogP contribution >= 0.6 is 24.0 Å². The molecule has 1 atom stereocenters. The van der Waals surface area contributed by atoms with Gasteiger partial charge in [0.2, 0.25) is 0 Å². The molecule has 11 heteroatoms. The number of rotatable bonds is 6. The number of piperidine rings is 1. The molecule has 150 valence electrons. The summed E-state index contributed by atoms with van der Waals surface area (Å²) in [6.07, 6.45) is 1.70. The summed E-state index contributed by atoms with van der Waals surface area (Å²) < 4.78 is 60.9. The summed E-state index contributed by atoms with van der Waals surface area (Å²) in [6.45, 7) is 6.99. The average molecular weight is 500 g/mol. The Labute approximate surface area is 165 Å². The monoisotopic (exact) mass is 500 g/mol. The van der Waals surface area contributed by atoms with Crippen LogP contribution in [-0.2, 0) is 10.0 Å². The molecule has 1 aliphatic heterocycles. The van der Waals surface area contributed by atoms with E-state index >= 15 is 0 Å². The van der Waals surface area contributed by atoms with Crippen LogP contribution in [0.2, 0.25) is 0 Å². The average Bonchev–Trinajstić information content (AvgIpc) is 2.52. The van der Waals surface area contributed by atoms with Gasteiger partial charge in [0.05, 0.1) is 0 Å². The van der Waals surface area contributed by atoms with Gasteiger partial charge in [0.15, 0.2) is 5.96 Å². The third-order valence-corrected chi connectivity index (χ3v) is 5.68. The van der Waals surface area contributed by atoms with E-state index in [0.717, 1.165) is 6.42 Å². The van der Waals surface area contributed by atoms with Gasteiger partial charge in [-0.2, -0.15) is 17.5 Å². The van der Waals surface area contributed by atoms with Crippen LogP contribution in [0.4, 0.5) is 13.2 Å². The molecule has 1 aliphatic rings. The second-order valence-corrected chi connectivity index (χ2v) is 7.90. The largest absolute Gasteiger partial charge is 0.511 e. The summed E-state index contributed by atoms with van der Waals surface area (Å²) in [5.41, 5.74) is -5.23. The summed E-state index contributed by atoms with van der Waals surface area (Å²) in [5, 5.41) is 6.37. The van der Waals surface area contributed by atoms with Crippen LogP contribution in [0.15, 0.2) is 4.99 Å². The number of guanidine groups is 1. The van der Waals surface area contributed by atoms with Crippen LogP contribution in [0, 0.1) is 5.92 Å². The summed E-state index contributed by atoms with van der Waals surface area (Å²) in [6, 6.07) is 0.265. The van der Waals surface area contributed by atoms with Crippen LogP contribution < -0.4 is 10.6 Å². The number of aliphatic imine (C=N–C) groups is 1. The molecule has 0 spiro atoms. The van der Waals surface area contributed by atoms with E-state index in [1.54, 1.807) is 0 Å². The lowest BCUT2D eigenvalue weighted by atomic mass is 9.98. The minimum Gasteiger partial charge on any atom is -0.357 e. The van der Waals surface area contributed by atoms with Crippen molar-refractivity contribution in [1.29, 1.82) is 0 Å². The molecule has 1 unspecified atom stereocenters. The SMILES string of the molecule is CCNC(=NCC1CCN(S(=O)(=O)C(F)(F)F)CC1)NC(C)CC.I. The highest BCUT2D eigenvalue weighted by molar-refractivity contribution is 14.0. The highest BCUT2D eigenvalue weighted by Crippen LogP contribution is 2.30. The minimum absolute atomic E-state index is 0. The number of nitrogens with zero attached hydrogens (tertiary/aromatic N) is 2. The van der Waals surface area contributed by atoms with Gasteiger partial charge in [-0.3, -0.25) is 4.99 Å². The number of hydrogen-bond acceptors (Lipinski definition) is 3. The molecule has 0 bridgehead atoms. The van der Waals surface area contributed by atoms with Crippen molar-refractivity contribution < 1.29 is 21.6 Å². The van der Waals surface area contributed by atoms with Crippen molar-refractivity contribution >= 4 is 40.0 Å². The first-order chi connectivity index (χ1) is 11.1. The van der Waals surface area contributed by atoms with Crippen molar-refractivity contribution in [3.63, 3.8) is 0 Å². The van der Waals surface area contributed by atoms with Gasteiger partial charge >= 0.3 is 15.5 Å². The Morgan fingerprint density at radius 3 is 2.28 bits per heavy atom. The first kappa shape index (κ1) is 24.7. The summed E-state index contributed by atoms with van der Waals surface area (Å²) in [4.78, 5) is 4.47. The molecule has 1 heterocycles. The molecule has 2 N–H and O–H groups in total. The first-order valence-electron chi connectivity index (χ1n) is 8.23. The van der Waals surface area contributed by atoms with E-state index in [1.165, 1.54) is 0 Å². The summed E-state index contributed by atoms with van der Waals surface area (Å²) in [5.74, 6) is 0.759. The highest BCUT2D eigenvalue weighted by atomic mass is 127. The normalized spacial score (nSPS) is 19.2. The smallest absolute Gasteiger partial charge is 0.357 e. The number of sulfonamides is 1. The van der Waals surface area contributed by atoms with Crippen molar-refractivity contribution in [1.82, 2.24) is 14.9 Å². The van der Waals surface area contributed by atoms with E-state index in [1.807, 2.05) is 13.8 Å². The standard InChI is InChI=1S/C14H27F3N4O2S.HI/c1-4-11(3)20-13(18-5-2)19-10-12-6-8-21(9-7-12)24(22,23)14(15,16)17;/h11-12H,4-10H2,1-3H3,(H2,18,19,20);1H. The Bertz CT molecular complexity index is 521. The maximum absolute atomic E-state index is 12.5. The van der Waals surface area contributed by atoms with Crippen LogP contribution in [0.3, 0.4) is 0 Å². The van der Waals surface area contributed by atoms with Crippen molar-refractivity contribution in [3.8, 4) is 0 Å². The second-order valence-electron chi connectivity index (χ2n) is 5.97. The molecule has 1 rings (SSSR count). The first-order valence-corrected chi connectivity index (χ1v) is 9.67. The molecule has 1 saturated heterocycles. The highest BCUT2D eigenvalue weighted by Gasteiger charge is 2.50. The topological polar surface area (TPSA) is 73.8 Å². The van der Waals surface area contributed by atoms with Crippen molar-refractivity contribution in [2.75, 3.05) is 26.2 Å². The zero-order valence-electron chi connectivity index (χ0n) is 14.8. The van der Waals surface area contributed by atoms with E-state index in [4.69, 9.17) is 0 Å². The Morgan fingerprint density at radius 1 is 1.28 bits per heavy atom. The van der Waals surface area contributed by atoms with Crippen molar-refractivity contribution in [2.45, 2.75) is 51.6 Å². The Kier molecular flexibility index (Phi) is 10.6. The molecule has 0 saturated carbocycles. The van der Waals surface area contributed by atoms with Gasteiger partial charge in [-0.1, -0.05) is 6.92 Å². The molecule has 0 radical (unpaired) electrons. The molecule has 25 heavy (non-hydrogen) atoms. The zero-order chi connectivity index (χ0) is 18.4. The Hall–Kier alpha value is -0.300. The fraction of sp³-hybridized carbons (Fsp3) is 0.929. The van der Waals surface area contributed by atoms with Crippen LogP contribution in [-0.4, -0.2) is 56.4 Å². The van der Waals surface area contributed by atoms with Crippen LogP contribution in [0.5, 0.6) is 0 Å². The molecule has 0 aromatic heterocycles. The van der Waals surface area contributed by atoms with Crippen molar-refractivity contribution in [3.05, 3.63) is 0 Å². The molecule has 0 amide bonds. The third kappa shape index (κ3) is 7.45. The van der Waals surface area contributed by atoms with Gasteiger partial charge in [0, 0.05) is 32.2 Å². The van der Waals surface area contributed by atoms with Gasteiger partial charge in [-0.25, -0.2) is 8.42 Å². The summed E-state index contributed by atoms with van der Waals surface area (Å²) in [7, 11) is -5.21. The predicted molar refractivity (Wildman–Crippen MR) is 104 cm³/mol. The predicted octanol–water partition coefficient (Wildman–Crippen LogP) is 2.52. The molecular weight excluding hydrogens is 472 g/mol. The Morgan fingerprint density at radius 2 is 1.84 bits per heavy atom.